The molecule has 1 aromatic carbocycles. The molecule has 4 aromatic rings. The van der Waals surface area contributed by atoms with Gasteiger partial charge in [0.05, 0.1) is 48.0 Å². The van der Waals surface area contributed by atoms with E-state index < -0.39 is 0 Å². The molecule has 0 aliphatic rings. The van der Waals surface area contributed by atoms with Crippen LogP contribution >= 0.6 is 23.2 Å². The van der Waals surface area contributed by atoms with Crippen molar-refractivity contribution in [3.05, 3.63) is 64.9 Å². The highest BCUT2D eigenvalue weighted by Gasteiger charge is 2.18. The van der Waals surface area contributed by atoms with Gasteiger partial charge in [-0.15, -0.1) is 0 Å². The predicted octanol–water partition coefficient (Wildman–Crippen LogP) is 5.01. The Balaban J connectivity index is 1.64. The summed E-state index contributed by atoms with van der Waals surface area (Å²) in [6, 6.07) is 7.29. The van der Waals surface area contributed by atoms with E-state index in [4.69, 9.17) is 32.7 Å². The van der Waals surface area contributed by atoms with Gasteiger partial charge < -0.3 is 24.7 Å². The maximum atomic E-state index is 11.7. The number of anilines is 3. The summed E-state index contributed by atoms with van der Waals surface area (Å²) in [5, 5.41) is 11.1. The number of aryl methyl sites for hydroxylation is 1. The molecule has 0 bridgehead atoms. The van der Waals surface area contributed by atoms with Crippen molar-refractivity contribution >= 4 is 57.5 Å². The average molecular weight is 501 g/mol. The largest absolute Gasteiger partial charge is 0.495 e. The molecule has 3 aromatic heterocycles. The molecule has 4 rings (SSSR count). The van der Waals surface area contributed by atoms with Gasteiger partial charge in [0, 0.05) is 24.9 Å². The Kier molecular flexibility index (Phi) is 6.67. The lowest BCUT2D eigenvalue weighted by molar-refractivity contribution is -0.111. The van der Waals surface area contributed by atoms with Crippen LogP contribution in [0, 0.1) is 0 Å². The molecule has 0 atom stereocenters. The Morgan fingerprint density at radius 2 is 1.88 bits per heavy atom. The topological polar surface area (TPSA) is 95.2 Å². The maximum absolute atomic E-state index is 11.7. The molecule has 0 aliphatic heterocycles. The summed E-state index contributed by atoms with van der Waals surface area (Å²) < 4.78 is 14.3. The summed E-state index contributed by atoms with van der Waals surface area (Å²) in [7, 11) is 4.84. The van der Waals surface area contributed by atoms with Crippen molar-refractivity contribution in [3.63, 3.8) is 0 Å². The lowest BCUT2D eigenvalue weighted by Crippen LogP contribution is -2.08. The number of fused-ring (bicyclic) bond motifs is 1. The number of rotatable bonds is 8. The molecule has 1 amide bonds. The number of nitrogens with one attached hydrogen (secondary N) is 2. The minimum Gasteiger partial charge on any atom is -0.495 e. The zero-order chi connectivity index (χ0) is 24.4. The highest BCUT2D eigenvalue weighted by molar-refractivity contribution is 6.37. The van der Waals surface area contributed by atoms with Crippen LogP contribution in [0.3, 0.4) is 0 Å². The zero-order valence-electron chi connectivity index (χ0n) is 18.7. The van der Waals surface area contributed by atoms with Crippen LogP contribution in [0.15, 0.2) is 49.3 Å². The summed E-state index contributed by atoms with van der Waals surface area (Å²) in [4.78, 5) is 16.4. The molecule has 0 spiro atoms. The monoisotopic (exact) mass is 500 g/mol. The molecule has 0 radical (unpaired) electrons. The summed E-state index contributed by atoms with van der Waals surface area (Å²) >= 11 is 13.1. The van der Waals surface area contributed by atoms with Crippen LogP contribution in [0.25, 0.3) is 11.0 Å². The molecule has 11 heteroatoms. The van der Waals surface area contributed by atoms with E-state index >= 15 is 0 Å². The van der Waals surface area contributed by atoms with Crippen LogP contribution in [-0.4, -0.2) is 39.5 Å². The lowest BCUT2D eigenvalue weighted by Gasteiger charge is -2.15. The molecule has 2 N–H and O–H groups in total. The fourth-order valence-corrected chi connectivity index (χ4v) is 4.12. The van der Waals surface area contributed by atoms with E-state index in [1.165, 1.54) is 20.3 Å². The molecule has 34 heavy (non-hydrogen) atoms. The number of ether oxygens (including phenoxy) is 2. The molecule has 9 nitrogen and oxygen atoms in total. The van der Waals surface area contributed by atoms with Crippen LogP contribution in [0.4, 0.5) is 17.3 Å². The van der Waals surface area contributed by atoms with Gasteiger partial charge in [-0.1, -0.05) is 29.8 Å². The zero-order valence-corrected chi connectivity index (χ0v) is 20.2. The molecule has 0 unspecified atom stereocenters. The maximum Gasteiger partial charge on any atom is 0.247 e. The van der Waals surface area contributed by atoms with E-state index in [0.29, 0.717) is 51.0 Å². The van der Waals surface area contributed by atoms with Gasteiger partial charge in [-0.05, 0) is 24.3 Å². The van der Waals surface area contributed by atoms with Crippen molar-refractivity contribution in [2.75, 3.05) is 24.9 Å². The summed E-state index contributed by atoms with van der Waals surface area (Å²) in [6.45, 7) is 3.86. The van der Waals surface area contributed by atoms with Gasteiger partial charge in [-0.3, -0.25) is 9.48 Å². The van der Waals surface area contributed by atoms with Crippen LogP contribution in [-0.2, 0) is 18.4 Å². The number of carbonyl (C=O) groups excluding carboxylic acids is 1. The molecule has 3 heterocycles. The Morgan fingerprint density at radius 3 is 2.53 bits per heavy atom. The van der Waals surface area contributed by atoms with Crippen LogP contribution < -0.4 is 20.1 Å². The summed E-state index contributed by atoms with van der Waals surface area (Å²) in [5.41, 5.74) is 2.82. The van der Waals surface area contributed by atoms with E-state index in [9.17, 15) is 4.79 Å². The molecular weight excluding hydrogens is 479 g/mol. The molecule has 176 valence electrons. The van der Waals surface area contributed by atoms with E-state index in [0.717, 1.165) is 11.0 Å². The number of nitrogens with zero attached hydrogens (tertiary/aromatic N) is 4. The quantitative estimate of drug-likeness (QED) is 0.330. The fourth-order valence-electron chi connectivity index (χ4n) is 3.50. The second-order valence-electron chi connectivity index (χ2n) is 7.32. The minimum absolute atomic E-state index is 0.331. The van der Waals surface area contributed by atoms with Gasteiger partial charge >= 0.3 is 0 Å². The minimum atomic E-state index is -0.331. The van der Waals surface area contributed by atoms with Gasteiger partial charge in [0.2, 0.25) is 5.91 Å². The Bertz CT molecular complexity index is 1370. The van der Waals surface area contributed by atoms with Gasteiger partial charge in [-0.2, -0.15) is 5.10 Å². The van der Waals surface area contributed by atoms with Gasteiger partial charge in [-0.25, -0.2) is 4.98 Å². The molecule has 0 saturated heterocycles. The molecule has 0 aliphatic carbocycles. The number of aromatic nitrogens is 4. The number of benzene rings is 1. The van der Waals surface area contributed by atoms with Crippen LogP contribution in [0.2, 0.25) is 10.0 Å². The summed E-state index contributed by atoms with van der Waals surface area (Å²) in [6.07, 6.45) is 4.78. The van der Waals surface area contributed by atoms with Crippen molar-refractivity contribution < 1.29 is 14.3 Å². The highest BCUT2D eigenvalue weighted by atomic mass is 35.5. The second-order valence-corrected chi connectivity index (χ2v) is 8.07. The lowest BCUT2D eigenvalue weighted by atomic mass is 10.2. The normalized spacial score (nSPS) is 10.9. The first-order valence-electron chi connectivity index (χ1n) is 10.1. The van der Waals surface area contributed by atoms with E-state index in [1.807, 2.05) is 29.0 Å². The number of methoxy groups -OCH3 is 2. The van der Waals surface area contributed by atoms with Crippen molar-refractivity contribution in [2.24, 2.45) is 7.05 Å². The molecule has 0 fully saturated rings. The van der Waals surface area contributed by atoms with E-state index in [2.05, 4.69) is 27.3 Å². The average Bonchev–Trinajstić information content (AvgIpc) is 3.38. The van der Waals surface area contributed by atoms with Gasteiger partial charge in [0.25, 0.3) is 0 Å². The van der Waals surface area contributed by atoms with Crippen molar-refractivity contribution in [2.45, 2.75) is 6.54 Å². The summed E-state index contributed by atoms with van der Waals surface area (Å²) in [5.74, 6) is 1.66. The standard InChI is InChI=1S/C23H22Cl2N6O3/c1-5-20(32)27-15-12-30(2)29-23(15)28-19-7-6-16-14(26-19)8-9-31(16)11-13-21(24)17(33-3)10-18(34-4)22(13)25/h5-10,12H,1,11H2,2-4H3,(H,27,32)(H,26,28,29). The number of hydrogen-bond donors (Lipinski definition) is 2. The van der Waals surface area contributed by atoms with Crippen LogP contribution in [0.1, 0.15) is 5.56 Å². The Labute approximate surface area is 205 Å². The SMILES string of the molecule is C=CC(=O)Nc1cn(C)nc1Nc1ccc2c(ccn2Cc2c(Cl)c(OC)cc(OC)c2Cl)n1. The number of halogens is 2. The first-order valence-corrected chi connectivity index (χ1v) is 10.9. The third-order valence-corrected chi connectivity index (χ3v) is 5.96. The first-order chi connectivity index (χ1) is 16.3. The van der Waals surface area contributed by atoms with Gasteiger partial charge in [0.1, 0.15) is 23.0 Å². The third kappa shape index (κ3) is 4.52. The fraction of sp³-hybridized carbons (Fsp3) is 0.174. The van der Waals surface area contributed by atoms with E-state index in [1.54, 1.807) is 24.0 Å². The first kappa shape index (κ1) is 23.5. The Morgan fingerprint density at radius 1 is 1.18 bits per heavy atom. The number of carbonyl (C=O) groups is 1. The van der Waals surface area contributed by atoms with Gasteiger partial charge in [0.15, 0.2) is 5.82 Å². The number of pyridine rings is 1. The van der Waals surface area contributed by atoms with Crippen molar-refractivity contribution in [3.8, 4) is 11.5 Å². The van der Waals surface area contributed by atoms with Crippen LogP contribution in [0.5, 0.6) is 11.5 Å². The molecular formula is C23H22Cl2N6O3. The smallest absolute Gasteiger partial charge is 0.247 e. The highest BCUT2D eigenvalue weighted by Crippen LogP contribution is 2.41. The molecule has 0 saturated carbocycles. The van der Waals surface area contributed by atoms with E-state index in [-0.39, 0.29) is 5.91 Å². The van der Waals surface area contributed by atoms with Crippen molar-refractivity contribution in [1.29, 1.82) is 0 Å². The van der Waals surface area contributed by atoms with Crippen molar-refractivity contribution in [1.82, 2.24) is 19.3 Å². The Hall–Kier alpha value is -3.69. The number of amides is 1. The third-order valence-electron chi connectivity index (χ3n) is 5.14. The predicted molar refractivity (Wildman–Crippen MR) is 134 cm³/mol. The second kappa shape index (κ2) is 9.66. The number of hydrogen-bond acceptors (Lipinski definition) is 6.